The van der Waals surface area contributed by atoms with Crippen molar-refractivity contribution in [2.24, 2.45) is 0 Å². The standard InChI is InChI=1S/C25H18N2O4S/c28-23-12-11-16-6-1-2-8-18(16)24(23)21-14-22(19-9-3-4-10-20(19)25(21)29)27-32(30,31)17-7-5-13-26-15-17/h1-15,27-29H. The van der Waals surface area contributed by atoms with Crippen molar-refractivity contribution in [1.82, 2.24) is 4.98 Å². The molecule has 5 aromatic rings. The van der Waals surface area contributed by atoms with Gasteiger partial charge in [-0.2, -0.15) is 0 Å². The van der Waals surface area contributed by atoms with Crippen molar-refractivity contribution in [3.05, 3.63) is 91.3 Å². The lowest BCUT2D eigenvalue weighted by molar-refractivity contribution is 0.472. The van der Waals surface area contributed by atoms with E-state index in [1.165, 1.54) is 18.5 Å². The fourth-order valence-electron chi connectivity index (χ4n) is 3.89. The summed E-state index contributed by atoms with van der Waals surface area (Å²) in [5, 5.41) is 24.4. The molecule has 6 nitrogen and oxygen atoms in total. The molecular formula is C25H18N2O4S. The fraction of sp³-hybridized carbons (Fsp3) is 0. The molecule has 0 spiro atoms. The van der Waals surface area contributed by atoms with Gasteiger partial charge in [0.2, 0.25) is 0 Å². The van der Waals surface area contributed by atoms with Crippen LogP contribution in [0.4, 0.5) is 5.69 Å². The van der Waals surface area contributed by atoms with E-state index >= 15 is 0 Å². The molecule has 0 unspecified atom stereocenters. The highest BCUT2D eigenvalue weighted by Gasteiger charge is 2.21. The smallest absolute Gasteiger partial charge is 0.263 e. The molecule has 3 N–H and O–H groups in total. The highest BCUT2D eigenvalue weighted by Crippen LogP contribution is 2.46. The van der Waals surface area contributed by atoms with Crippen LogP contribution in [0.25, 0.3) is 32.7 Å². The van der Waals surface area contributed by atoms with Gasteiger partial charge >= 0.3 is 0 Å². The Morgan fingerprint density at radius 2 is 1.50 bits per heavy atom. The third kappa shape index (κ3) is 3.29. The maximum atomic E-state index is 13.0. The Kier molecular flexibility index (Phi) is 4.68. The Bertz CT molecular complexity index is 1580. The van der Waals surface area contributed by atoms with Gasteiger partial charge in [-0.05, 0) is 35.0 Å². The third-order valence-electron chi connectivity index (χ3n) is 5.38. The number of aromatic nitrogens is 1. The number of fused-ring (bicyclic) bond motifs is 2. The quantitative estimate of drug-likeness (QED) is 0.330. The number of hydrogen-bond donors (Lipinski definition) is 3. The van der Waals surface area contributed by atoms with Crippen molar-refractivity contribution < 1.29 is 18.6 Å². The van der Waals surface area contributed by atoms with Crippen LogP contribution in [-0.4, -0.2) is 23.6 Å². The van der Waals surface area contributed by atoms with Crippen molar-refractivity contribution in [3.63, 3.8) is 0 Å². The summed E-state index contributed by atoms with van der Waals surface area (Å²) >= 11 is 0. The van der Waals surface area contributed by atoms with Crippen LogP contribution in [0.15, 0.2) is 96.2 Å². The van der Waals surface area contributed by atoms with Gasteiger partial charge in [-0.1, -0.05) is 54.6 Å². The minimum absolute atomic E-state index is 0.0182. The molecular weight excluding hydrogens is 424 g/mol. The molecule has 7 heteroatoms. The molecule has 1 aromatic heterocycles. The van der Waals surface area contributed by atoms with Crippen LogP contribution in [0.2, 0.25) is 0 Å². The van der Waals surface area contributed by atoms with Gasteiger partial charge in [-0.3, -0.25) is 9.71 Å². The number of benzene rings is 4. The molecule has 5 rings (SSSR count). The van der Waals surface area contributed by atoms with Crippen LogP contribution in [0.1, 0.15) is 0 Å². The second-order valence-electron chi connectivity index (χ2n) is 7.34. The maximum absolute atomic E-state index is 13.0. The number of rotatable bonds is 4. The molecule has 0 aliphatic heterocycles. The number of nitrogens with zero attached hydrogens (tertiary/aromatic N) is 1. The second-order valence-corrected chi connectivity index (χ2v) is 9.02. The molecule has 4 aromatic carbocycles. The predicted molar refractivity (Wildman–Crippen MR) is 125 cm³/mol. The monoisotopic (exact) mass is 442 g/mol. The Hall–Kier alpha value is -4.10. The van der Waals surface area contributed by atoms with E-state index in [1.54, 1.807) is 48.5 Å². The minimum Gasteiger partial charge on any atom is -0.507 e. The van der Waals surface area contributed by atoms with Gasteiger partial charge in [0.15, 0.2) is 0 Å². The van der Waals surface area contributed by atoms with E-state index in [2.05, 4.69) is 9.71 Å². The topological polar surface area (TPSA) is 99.5 Å². The van der Waals surface area contributed by atoms with Crippen molar-refractivity contribution in [2.45, 2.75) is 4.90 Å². The Labute approximate surface area is 184 Å². The van der Waals surface area contributed by atoms with Crippen molar-refractivity contribution in [1.29, 1.82) is 0 Å². The van der Waals surface area contributed by atoms with Crippen LogP contribution in [-0.2, 0) is 10.0 Å². The van der Waals surface area contributed by atoms with Gasteiger partial charge in [-0.15, -0.1) is 0 Å². The lowest BCUT2D eigenvalue weighted by Crippen LogP contribution is -2.13. The number of phenols is 2. The lowest BCUT2D eigenvalue weighted by Gasteiger charge is -2.17. The van der Waals surface area contributed by atoms with Gasteiger partial charge in [0.1, 0.15) is 16.4 Å². The molecule has 0 amide bonds. The van der Waals surface area contributed by atoms with Crippen LogP contribution in [0.3, 0.4) is 0 Å². The largest absolute Gasteiger partial charge is 0.507 e. The van der Waals surface area contributed by atoms with Crippen LogP contribution in [0, 0.1) is 0 Å². The van der Waals surface area contributed by atoms with Crippen LogP contribution in [0.5, 0.6) is 11.5 Å². The average Bonchev–Trinajstić information content (AvgIpc) is 2.82. The highest BCUT2D eigenvalue weighted by atomic mass is 32.2. The van der Waals surface area contributed by atoms with Crippen LogP contribution >= 0.6 is 0 Å². The number of phenolic OH excluding ortho intramolecular Hbond substituents is 2. The first-order chi connectivity index (χ1) is 15.5. The Balaban J connectivity index is 1.79. The predicted octanol–water partition coefficient (Wildman–Crippen LogP) is 5.27. The van der Waals surface area contributed by atoms with E-state index in [0.717, 1.165) is 10.8 Å². The SMILES string of the molecule is O=S(=O)(Nc1cc(-c2c(O)ccc3ccccc23)c(O)c2ccccc12)c1cccnc1. The van der Waals surface area contributed by atoms with Gasteiger partial charge in [0, 0.05) is 34.3 Å². The summed E-state index contributed by atoms with van der Waals surface area (Å²) < 4.78 is 28.6. The second kappa shape index (κ2) is 7.55. The number of aromatic hydroxyl groups is 2. The molecule has 32 heavy (non-hydrogen) atoms. The summed E-state index contributed by atoms with van der Waals surface area (Å²) in [7, 11) is -3.93. The number of pyridine rings is 1. The molecule has 0 aliphatic rings. The first-order valence-electron chi connectivity index (χ1n) is 9.84. The highest BCUT2D eigenvalue weighted by molar-refractivity contribution is 7.92. The van der Waals surface area contributed by atoms with Gasteiger partial charge in [-0.25, -0.2) is 8.42 Å². The molecule has 0 saturated heterocycles. The Morgan fingerprint density at radius 1 is 0.781 bits per heavy atom. The van der Waals surface area contributed by atoms with Gasteiger partial charge in [0.25, 0.3) is 10.0 Å². The molecule has 0 radical (unpaired) electrons. The molecule has 0 saturated carbocycles. The summed E-state index contributed by atoms with van der Waals surface area (Å²) in [6, 6.07) is 22.3. The lowest BCUT2D eigenvalue weighted by atomic mass is 9.93. The van der Waals surface area contributed by atoms with E-state index in [4.69, 9.17) is 0 Å². The van der Waals surface area contributed by atoms with E-state index in [9.17, 15) is 18.6 Å². The van der Waals surface area contributed by atoms with Gasteiger partial charge < -0.3 is 10.2 Å². The van der Waals surface area contributed by atoms with E-state index in [1.807, 2.05) is 24.3 Å². The average molecular weight is 442 g/mol. The van der Waals surface area contributed by atoms with E-state index in [-0.39, 0.29) is 22.1 Å². The van der Waals surface area contributed by atoms with Gasteiger partial charge in [0.05, 0.1) is 5.69 Å². The first kappa shape index (κ1) is 19.8. The van der Waals surface area contributed by atoms with E-state index in [0.29, 0.717) is 21.9 Å². The number of sulfonamides is 1. The number of nitrogens with one attached hydrogen (secondary N) is 1. The zero-order valence-corrected chi connectivity index (χ0v) is 17.5. The number of anilines is 1. The minimum atomic E-state index is -3.93. The summed E-state index contributed by atoms with van der Waals surface area (Å²) in [6.45, 7) is 0. The Morgan fingerprint density at radius 3 is 2.25 bits per heavy atom. The van der Waals surface area contributed by atoms with Crippen molar-refractivity contribution >= 4 is 37.3 Å². The van der Waals surface area contributed by atoms with Crippen LogP contribution < -0.4 is 4.72 Å². The molecule has 158 valence electrons. The number of hydrogen-bond acceptors (Lipinski definition) is 5. The summed E-state index contributed by atoms with van der Waals surface area (Å²) in [6.07, 6.45) is 2.76. The maximum Gasteiger partial charge on any atom is 0.263 e. The zero-order valence-electron chi connectivity index (χ0n) is 16.7. The van der Waals surface area contributed by atoms with Crippen molar-refractivity contribution in [3.8, 4) is 22.6 Å². The van der Waals surface area contributed by atoms with Crippen molar-refractivity contribution in [2.75, 3.05) is 4.72 Å². The molecule has 0 atom stereocenters. The third-order valence-corrected chi connectivity index (χ3v) is 6.73. The summed E-state index contributed by atoms with van der Waals surface area (Å²) in [5.74, 6) is -0.0630. The summed E-state index contributed by atoms with van der Waals surface area (Å²) in [5.41, 5.74) is 1.03. The summed E-state index contributed by atoms with van der Waals surface area (Å²) in [4.78, 5) is 3.91. The molecule has 0 aliphatic carbocycles. The molecule has 0 fully saturated rings. The molecule has 0 bridgehead atoms. The zero-order chi connectivity index (χ0) is 22.3. The fourth-order valence-corrected chi connectivity index (χ4v) is 4.92. The molecule has 1 heterocycles. The first-order valence-corrected chi connectivity index (χ1v) is 11.3. The normalized spacial score (nSPS) is 11.6. The van der Waals surface area contributed by atoms with E-state index < -0.39 is 10.0 Å².